The standard InChI is InChI=1S/C16H19N5O4.2ClH/c1-10(21-5-3-4-18-21)16(23)20(2)8-15(22)19-12-7-14-13(6-11(12)17)24-9-25-14;;/h3-7,10H,8-9,17H2,1-2H3,(H,19,22);2*1H. The molecule has 3 rings (SSSR count). The average molecular weight is 418 g/mol. The Morgan fingerprint density at radius 2 is 2.00 bits per heavy atom. The third-order valence-corrected chi connectivity index (χ3v) is 3.85. The van der Waals surface area contributed by atoms with Crippen LogP contribution < -0.4 is 20.5 Å². The first-order chi connectivity index (χ1) is 12.0. The summed E-state index contributed by atoms with van der Waals surface area (Å²) in [6.45, 7) is 1.73. The van der Waals surface area contributed by atoms with Crippen molar-refractivity contribution in [2.24, 2.45) is 0 Å². The van der Waals surface area contributed by atoms with Gasteiger partial charge in [0.1, 0.15) is 6.04 Å². The Hall–Kier alpha value is -2.65. The molecule has 1 aliphatic rings. The first kappa shape index (κ1) is 22.4. The van der Waals surface area contributed by atoms with E-state index in [1.165, 1.54) is 9.58 Å². The van der Waals surface area contributed by atoms with Gasteiger partial charge >= 0.3 is 0 Å². The number of hydrogen-bond donors (Lipinski definition) is 2. The largest absolute Gasteiger partial charge is 0.454 e. The lowest BCUT2D eigenvalue weighted by molar-refractivity contribution is -0.136. The van der Waals surface area contributed by atoms with Crippen LogP contribution in [0, 0.1) is 0 Å². The summed E-state index contributed by atoms with van der Waals surface area (Å²) in [6.07, 6.45) is 3.29. The van der Waals surface area contributed by atoms with E-state index in [1.54, 1.807) is 44.6 Å². The van der Waals surface area contributed by atoms with Crippen LogP contribution in [0.15, 0.2) is 30.6 Å². The van der Waals surface area contributed by atoms with E-state index < -0.39 is 6.04 Å². The Kier molecular flexibility index (Phi) is 7.74. The molecule has 1 unspecified atom stereocenters. The highest BCUT2D eigenvalue weighted by molar-refractivity contribution is 5.97. The molecule has 3 N–H and O–H groups in total. The second-order valence-electron chi connectivity index (χ2n) is 5.70. The Balaban J connectivity index is 0.00000182. The highest BCUT2D eigenvalue weighted by atomic mass is 35.5. The molecule has 148 valence electrons. The van der Waals surface area contributed by atoms with Crippen molar-refractivity contribution < 1.29 is 19.1 Å². The summed E-state index contributed by atoms with van der Waals surface area (Å²) in [5.41, 5.74) is 6.67. The lowest BCUT2D eigenvalue weighted by Crippen LogP contribution is -2.38. The number of rotatable bonds is 5. The summed E-state index contributed by atoms with van der Waals surface area (Å²) < 4.78 is 12.0. The molecule has 27 heavy (non-hydrogen) atoms. The molecule has 9 nitrogen and oxygen atoms in total. The molecule has 1 atom stereocenters. The van der Waals surface area contributed by atoms with Gasteiger partial charge in [-0.2, -0.15) is 5.10 Å². The molecular weight excluding hydrogens is 397 g/mol. The number of ether oxygens (including phenoxy) is 2. The van der Waals surface area contributed by atoms with E-state index in [-0.39, 0.29) is 50.0 Å². The highest BCUT2D eigenvalue weighted by Crippen LogP contribution is 2.38. The molecule has 2 amide bonds. The summed E-state index contributed by atoms with van der Waals surface area (Å²) in [5, 5.41) is 6.72. The van der Waals surface area contributed by atoms with Crippen molar-refractivity contribution in [1.29, 1.82) is 0 Å². The molecule has 1 aromatic heterocycles. The Labute approximate surface area is 168 Å². The minimum atomic E-state index is -0.497. The molecule has 11 heteroatoms. The maximum Gasteiger partial charge on any atom is 0.247 e. The number of nitrogen functional groups attached to an aromatic ring is 1. The maximum atomic E-state index is 12.4. The fourth-order valence-corrected chi connectivity index (χ4v) is 2.49. The highest BCUT2D eigenvalue weighted by Gasteiger charge is 2.22. The van der Waals surface area contributed by atoms with E-state index in [9.17, 15) is 9.59 Å². The van der Waals surface area contributed by atoms with Crippen LogP contribution in [0.4, 0.5) is 11.4 Å². The first-order valence-corrected chi connectivity index (χ1v) is 7.69. The summed E-state index contributed by atoms with van der Waals surface area (Å²) >= 11 is 0. The number of benzene rings is 1. The van der Waals surface area contributed by atoms with Gasteiger partial charge in [-0.25, -0.2) is 0 Å². The van der Waals surface area contributed by atoms with Crippen molar-refractivity contribution in [2.75, 3.05) is 31.4 Å². The van der Waals surface area contributed by atoms with Gasteiger partial charge in [-0.15, -0.1) is 24.8 Å². The van der Waals surface area contributed by atoms with Gasteiger partial charge in [-0.05, 0) is 13.0 Å². The zero-order valence-corrected chi connectivity index (χ0v) is 16.4. The number of halogens is 2. The Morgan fingerprint density at radius 1 is 1.33 bits per heavy atom. The minimum Gasteiger partial charge on any atom is -0.454 e. The third kappa shape index (κ3) is 4.95. The van der Waals surface area contributed by atoms with Gasteiger partial charge in [-0.3, -0.25) is 14.3 Å². The van der Waals surface area contributed by atoms with E-state index in [2.05, 4.69) is 10.4 Å². The second-order valence-corrected chi connectivity index (χ2v) is 5.70. The Bertz CT molecular complexity index is 800. The molecule has 1 aromatic carbocycles. The molecular formula is C16H21Cl2N5O4. The fourth-order valence-electron chi connectivity index (χ4n) is 2.49. The van der Waals surface area contributed by atoms with Crippen molar-refractivity contribution >= 4 is 48.0 Å². The molecule has 0 spiro atoms. The van der Waals surface area contributed by atoms with Crippen LogP contribution in [0.3, 0.4) is 0 Å². The zero-order valence-electron chi connectivity index (χ0n) is 14.7. The van der Waals surface area contributed by atoms with Crippen molar-refractivity contribution in [3.05, 3.63) is 30.6 Å². The molecule has 0 radical (unpaired) electrons. The van der Waals surface area contributed by atoms with Crippen LogP contribution in [0.2, 0.25) is 0 Å². The quantitative estimate of drug-likeness (QED) is 0.715. The van der Waals surface area contributed by atoms with Gasteiger partial charge in [0.25, 0.3) is 0 Å². The molecule has 0 saturated carbocycles. The van der Waals surface area contributed by atoms with E-state index in [4.69, 9.17) is 15.2 Å². The lowest BCUT2D eigenvalue weighted by Gasteiger charge is -2.21. The van der Waals surface area contributed by atoms with Crippen LogP contribution in [-0.4, -0.2) is 46.9 Å². The molecule has 2 heterocycles. The summed E-state index contributed by atoms with van der Waals surface area (Å²) in [5.74, 6) is 0.462. The number of amides is 2. The molecule has 0 fully saturated rings. The SMILES string of the molecule is CC(C(=O)N(C)CC(=O)Nc1cc2c(cc1N)OCO2)n1cccn1.Cl.Cl. The third-order valence-electron chi connectivity index (χ3n) is 3.85. The van der Waals surface area contributed by atoms with Gasteiger partial charge < -0.3 is 25.4 Å². The van der Waals surface area contributed by atoms with Gasteiger partial charge in [-0.1, -0.05) is 0 Å². The van der Waals surface area contributed by atoms with E-state index in [0.29, 0.717) is 22.9 Å². The average Bonchev–Trinajstić information content (AvgIpc) is 3.24. The van der Waals surface area contributed by atoms with E-state index in [1.807, 2.05) is 0 Å². The monoisotopic (exact) mass is 417 g/mol. The number of nitrogens with zero attached hydrogens (tertiary/aromatic N) is 3. The van der Waals surface area contributed by atoms with E-state index >= 15 is 0 Å². The van der Waals surface area contributed by atoms with Crippen LogP contribution >= 0.6 is 24.8 Å². The summed E-state index contributed by atoms with van der Waals surface area (Å²) in [7, 11) is 1.56. The number of likely N-dealkylation sites (N-methyl/N-ethyl adjacent to an activating group) is 1. The fraction of sp³-hybridized carbons (Fsp3) is 0.312. The lowest BCUT2D eigenvalue weighted by atomic mass is 10.2. The molecule has 2 aromatic rings. The van der Waals surface area contributed by atoms with Crippen molar-refractivity contribution in [1.82, 2.24) is 14.7 Å². The van der Waals surface area contributed by atoms with Crippen molar-refractivity contribution in [2.45, 2.75) is 13.0 Å². The summed E-state index contributed by atoms with van der Waals surface area (Å²) in [6, 6.07) is 4.43. The number of fused-ring (bicyclic) bond motifs is 1. The van der Waals surface area contributed by atoms with Crippen molar-refractivity contribution in [3.63, 3.8) is 0 Å². The predicted molar refractivity (Wildman–Crippen MR) is 105 cm³/mol. The first-order valence-electron chi connectivity index (χ1n) is 7.69. The van der Waals surface area contributed by atoms with Gasteiger partial charge in [0.2, 0.25) is 18.6 Å². The number of nitrogens with two attached hydrogens (primary N) is 1. The summed E-state index contributed by atoms with van der Waals surface area (Å²) in [4.78, 5) is 25.9. The number of aromatic nitrogens is 2. The smallest absolute Gasteiger partial charge is 0.247 e. The number of hydrogen-bond acceptors (Lipinski definition) is 6. The van der Waals surface area contributed by atoms with Crippen LogP contribution in [0.1, 0.15) is 13.0 Å². The molecule has 0 bridgehead atoms. The Morgan fingerprint density at radius 3 is 2.63 bits per heavy atom. The number of carbonyl (C=O) groups excluding carboxylic acids is 2. The van der Waals surface area contributed by atoms with Gasteiger partial charge in [0.05, 0.1) is 17.9 Å². The number of nitrogens with one attached hydrogen (secondary N) is 1. The number of anilines is 2. The van der Waals surface area contributed by atoms with Crippen LogP contribution in [-0.2, 0) is 9.59 Å². The molecule has 0 aliphatic carbocycles. The van der Waals surface area contributed by atoms with Crippen LogP contribution in [0.5, 0.6) is 11.5 Å². The van der Waals surface area contributed by atoms with Crippen LogP contribution in [0.25, 0.3) is 0 Å². The zero-order chi connectivity index (χ0) is 18.0. The van der Waals surface area contributed by atoms with E-state index in [0.717, 1.165) is 0 Å². The second kappa shape index (κ2) is 9.33. The number of carbonyl (C=O) groups is 2. The van der Waals surface area contributed by atoms with Gasteiger partial charge in [0.15, 0.2) is 11.5 Å². The van der Waals surface area contributed by atoms with Crippen molar-refractivity contribution in [3.8, 4) is 11.5 Å². The predicted octanol–water partition coefficient (Wildman–Crippen LogP) is 1.70. The molecule has 1 aliphatic heterocycles. The molecule has 0 saturated heterocycles. The van der Waals surface area contributed by atoms with Gasteiger partial charge in [0, 0.05) is 31.6 Å². The maximum absolute atomic E-state index is 12.4. The normalized spacial score (nSPS) is 12.4. The minimum absolute atomic E-state index is 0. The topological polar surface area (TPSA) is 112 Å².